The minimum Gasteiger partial charge on any atom is -0.357 e. The summed E-state index contributed by atoms with van der Waals surface area (Å²) in [6, 6.07) is 0. The highest BCUT2D eigenvalue weighted by atomic mass is 15.3. The van der Waals surface area contributed by atoms with Crippen molar-refractivity contribution >= 4 is 5.96 Å². The van der Waals surface area contributed by atoms with Gasteiger partial charge in [-0.3, -0.25) is 4.99 Å². The van der Waals surface area contributed by atoms with Gasteiger partial charge in [-0.25, -0.2) is 0 Å². The van der Waals surface area contributed by atoms with Crippen molar-refractivity contribution in [1.29, 1.82) is 0 Å². The minimum atomic E-state index is 0.749. The number of aliphatic imine (C=N–C) groups is 1. The van der Waals surface area contributed by atoms with Crippen LogP contribution in [0.3, 0.4) is 0 Å². The molecule has 2 rings (SSSR count). The molecule has 1 aromatic heterocycles. The lowest BCUT2D eigenvalue weighted by atomic mass is 10.1. The molecule has 1 aliphatic heterocycles. The Morgan fingerprint density at radius 2 is 2.08 bits per heavy atom. The van der Waals surface area contributed by atoms with Gasteiger partial charge in [-0.15, -0.1) is 10.2 Å². The highest BCUT2D eigenvalue weighted by Gasteiger charge is 2.14. The van der Waals surface area contributed by atoms with Gasteiger partial charge in [0.2, 0.25) is 0 Å². The van der Waals surface area contributed by atoms with Gasteiger partial charge in [-0.05, 0) is 38.5 Å². The molecular formula is C18H34N6. The molecule has 2 heterocycles. The lowest BCUT2D eigenvalue weighted by molar-refractivity contribution is 0.560. The second-order valence-electron chi connectivity index (χ2n) is 6.97. The summed E-state index contributed by atoms with van der Waals surface area (Å²) >= 11 is 0. The normalized spacial score (nSPS) is 15.2. The van der Waals surface area contributed by atoms with E-state index in [1.807, 2.05) is 0 Å². The monoisotopic (exact) mass is 334 g/mol. The summed E-state index contributed by atoms with van der Waals surface area (Å²) in [5.74, 6) is 3.93. The Hall–Kier alpha value is -1.59. The number of hydrogen-bond donors (Lipinski definition) is 2. The summed E-state index contributed by atoms with van der Waals surface area (Å²) < 4.78 is 2.32. The van der Waals surface area contributed by atoms with E-state index in [-0.39, 0.29) is 0 Å². The molecule has 0 saturated heterocycles. The Bertz CT molecular complexity index is 506. The molecule has 0 unspecified atom stereocenters. The van der Waals surface area contributed by atoms with Gasteiger partial charge in [0.05, 0.1) is 0 Å². The van der Waals surface area contributed by atoms with Gasteiger partial charge in [0.25, 0.3) is 0 Å². The van der Waals surface area contributed by atoms with Crippen molar-refractivity contribution < 1.29 is 0 Å². The second-order valence-corrected chi connectivity index (χ2v) is 6.97. The summed E-state index contributed by atoms with van der Waals surface area (Å²) in [5, 5.41) is 15.5. The molecule has 1 aromatic rings. The summed E-state index contributed by atoms with van der Waals surface area (Å²) in [4.78, 5) is 4.66. The first-order valence-corrected chi connectivity index (χ1v) is 9.63. The van der Waals surface area contributed by atoms with E-state index in [0.29, 0.717) is 0 Å². The van der Waals surface area contributed by atoms with Crippen LogP contribution in [0, 0.1) is 5.92 Å². The van der Waals surface area contributed by atoms with Gasteiger partial charge in [0.1, 0.15) is 11.6 Å². The van der Waals surface area contributed by atoms with E-state index in [2.05, 4.69) is 51.2 Å². The maximum Gasteiger partial charge on any atom is 0.191 e. The fraction of sp³-hybridized carbons (Fsp3) is 0.833. The predicted molar refractivity (Wildman–Crippen MR) is 99.3 cm³/mol. The summed E-state index contributed by atoms with van der Waals surface area (Å²) in [7, 11) is 0. The van der Waals surface area contributed by atoms with Crippen LogP contribution in [-0.4, -0.2) is 40.4 Å². The van der Waals surface area contributed by atoms with Gasteiger partial charge >= 0.3 is 0 Å². The molecule has 0 aromatic carbocycles. The second kappa shape index (κ2) is 10.3. The average molecular weight is 335 g/mol. The number of hydrogen-bond acceptors (Lipinski definition) is 3. The van der Waals surface area contributed by atoms with Gasteiger partial charge in [-0.1, -0.05) is 20.3 Å². The third kappa shape index (κ3) is 6.13. The Kier molecular flexibility index (Phi) is 8.05. The van der Waals surface area contributed by atoms with Crippen LogP contribution in [-0.2, 0) is 19.4 Å². The molecule has 0 spiro atoms. The topological polar surface area (TPSA) is 67.1 Å². The van der Waals surface area contributed by atoms with Gasteiger partial charge < -0.3 is 15.2 Å². The summed E-state index contributed by atoms with van der Waals surface area (Å²) in [6.07, 6.45) is 8.12. The van der Waals surface area contributed by atoms with Crippen LogP contribution in [0.15, 0.2) is 4.99 Å². The predicted octanol–water partition coefficient (Wildman–Crippen LogP) is 2.54. The number of fused-ring (bicyclic) bond motifs is 1. The maximum atomic E-state index is 4.66. The minimum absolute atomic E-state index is 0.749. The number of guanidine groups is 1. The lowest BCUT2D eigenvalue weighted by Crippen LogP contribution is -2.38. The first-order chi connectivity index (χ1) is 11.7. The van der Waals surface area contributed by atoms with Crippen LogP contribution in [0.2, 0.25) is 0 Å². The fourth-order valence-electron chi connectivity index (χ4n) is 3.06. The van der Waals surface area contributed by atoms with Gasteiger partial charge in [0.15, 0.2) is 5.96 Å². The molecule has 24 heavy (non-hydrogen) atoms. The molecule has 2 N–H and O–H groups in total. The first-order valence-electron chi connectivity index (χ1n) is 9.63. The van der Waals surface area contributed by atoms with Crippen LogP contribution in [0.25, 0.3) is 0 Å². The van der Waals surface area contributed by atoms with Crippen molar-refractivity contribution in [3.05, 3.63) is 11.6 Å². The first kappa shape index (κ1) is 18.7. The molecule has 0 saturated carbocycles. The molecule has 6 nitrogen and oxygen atoms in total. The van der Waals surface area contributed by atoms with Crippen molar-refractivity contribution in [1.82, 2.24) is 25.4 Å². The van der Waals surface area contributed by atoms with Crippen LogP contribution >= 0.6 is 0 Å². The summed E-state index contributed by atoms with van der Waals surface area (Å²) in [5.41, 5.74) is 0. The van der Waals surface area contributed by atoms with Crippen molar-refractivity contribution in [3.63, 3.8) is 0 Å². The van der Waals surface area contributed by atoms with E-state index in [4.69, 9.17) is 0 Å². The van der Waals surface area contributed by atoms with E-state index >= 15 is 0 Å². The van der Waals surface area contributed by atoms with Gasteiger partial charge in [-0.2, -0.15) is 0 Å². The molecule has 6 heteroatoms. The average Bonchev–Trinajstić information content (AvgIpc) is 2.79. The molecule has 0 fully saturated rings. The van der Waals surface area contributed by atoms with E-state index in [9.17, 15) is 0 Å². The largest absolute Gasteiger partial charge is 0.357 e. The van der Waals surface area contributed by atoms with Crippen LogP contribution in [0.1, 0.15) is 64.5 Å². The summed E-state index contributed by atoms with van der Waals surface area (Å²) in [6.45, 7) is 10.3. The molecule has 1 aliphatic rings. The number of aromatic nitrogens is 3. The third-order valence-electron chi connectivity index (χ3n) is 4.38. The van der Waals surface area contributed by atoms with Gasteiger partial charge in [0, 0.05) is 39.0 Å². The van der Waals surface area contributed by atoms with E-state index < -0.39 is 0 Å². The van der Waals surface area contributed by atoms with Crippen molar-refractivity contribution in [3.8, 4) is 0 Å². The highest BCUT2D eigenvalue weighted by molar-refractivity contribution is 5.79. The van der Waals surface area contributed by atoms with Crippen molar-refractivity contribution in [2.24, 2.45) is 10.9 Å². The lowest BCUT2D eigenvalue weighted by Gasteiger charge is -2.12. The number of rotatable bonds is 8. The Labute approximate surface area is 146 Å². The maximum absolute atomic E-state index is 4.66. The Balaban J connectivity index is 1.80. The quantitative estimate of drug-likeness (QED) is 0.435. The zero-order chi connectivity index (χ0) is 17.2. The number of nitrogens with zero attached hydrogens (tertiary/aromatic N) is 4. The van der Waals surface area contributed by atoms with Crippen molar-refractivity contribution in [2.45, 2.75) is 72.3 Å². The van der Waals surface area contributed by atoms with Crippen molar-refractivity contribution in [2.75, 3.05) is 19.6 Å². The smallest absolute Gasteiger partial charge is 0.191 e. The molecule has 136 valence electrons. The SMILES string of the molecule is CCNC(=NCCCC(C)C)NCCc1nnc2n1CCCCC2. The van der Waals surface area contributed by atoms with E-state index in [1.165, 1.54) is 25.7 Å². The molecular weight excluding hydrogens is 300 g/mol. The molecule has 0 atom stereocenters. The van der Waals surface area contributed by atoms with E-state index in [1.54, 1.807) is 0 Å². The third-order valence-corrected chi connectivity index (χ3v) is 4.38. The van der Waals surface area contributed by atoms with E-state index in [0.717, 1.165) is 69.0 Å². The Morgan fingerprint density at radius 1 is 1.21 bits per heavy atom. The molecule has 0 amide bonds. The van der Waals surface area contributed by atoms with Crippen LogP contribution in [0.5, 0.6) is 0 Å². The van der Waals surface area contributed by atoms with Crippen LogP contribution in [0.4, 0.5) is 0 Å². The molecule has 0 aliphatic carbocycles. The number of nitrogens with one attached hydrogen (secondary N) is 2. The zero-order valence-corrected chi connectivity index (χ0v) is 15.6. The standard InChI is InChI=1S/C18H34N6/c1-4-19-18(20-12-8-9-15(2)3)21-13-11-17-23-22-16-10-6-5-7-14-24(16)17/h15H,4-14H2,1-3H3,(H2,19,20,21). The number of aryl methyl sites for hydroxylation is 1. The van der Waals surface area contributed by atoms with Crippen LogP contribution < -0.4 is 10.6 Å². The molecule has 0 radical (unpaired) electrons. The Morgan fingerprint density at radius 3 is 2.88 bits per heavy atom. The highest BCUT2D eigenvalue weighted by Crippen LogP contribution is 2.14. The zero-order valence-electron chi connectivity index (χ0n) is 15.6. The fourth-order valence-corrected chi connectivity index (χ4v) is 3.06. The molecule has 0 bridgehead atoms.